The summed E-state index contributed by atoms with van der Waals surface area (Å²) < 4.78 is 0. The highest BCUT2D eigenvalue weighted by molar-refractivity contribution is 5.94. The van der Waals surface area contributed by atoms with Gasteiger partial charge in [-0.3, -0.25) is 19.2 Å². The van der Waals surface area contributed by atoms with Gasteiger partial charge in [-0.25, -0.2) is 0 Å². The number of carboxylic acids is 1. The van der Waals surface area contributed by atoms with Crippen LogP contribution in [0.1, 0.15) is 45.1 Å². The maximum atomic E-state index is 13.2. The van der Waals surface area contributed by atoms with Gasteiger partial charge in [-0.1, -0.05) is 57.0 Å². The summed E-state index contributed by atoms with van der Waals surface area (Å²) in [4.78, 5) is 49.1. The van der Waals surface area contributed by atoms with Crippen LogP contribution >= 0.6 is 0 Å². The number of unbranched alkanes of at least 4 members (excludes halogenated alkanes) is 1. The molecule has 1 rings (SSSR count). The highest BCUT2D eigenvalue weighted by Gasteiger charge is 2.30. The molecule has 10 nitrogen and oxygen atoms in total. The van der Waals surface area contributed by atoms with E-state index in [0.717, 1.165) is 12.0 Å². The Bertz CT molecular complexity index is 774. The minimum absolute atomic E-state index is 0.206. The Morgan fingerprint density at radius 2 is 1.67 bits per heavy atom. The predicted octanol–water partition coefficient (Wildman–Crippen LogP) is -0.0981. The summed E-state index contributed by atoms with van der Waals surface area (Å²) in [5.74, 6) is -3.04. The fourth-order valence-corrected chi connectivity index (χ4v) is 3.21. The van der Waals surface area contributed by atoms with Crippen molar-refractivity contribution >= 4 is 23.7 Å². The summed E-state index contributed by atoms with van der Waals surface area (Å²) >= 11 is 0. The number of aliphatic carboxylic acids is 1. The molecule has 0 aromatic heterocycles. The molecule has 0 heterocycles. The number of benzene rings is 1. The van der Waals surface area contributed by atoms with Crippen LogP contribution in [0.3, 0.4) is 0 Å². The van der Waals surface area contributed by atoms with E-state index in [4.69, 9.17) is 16.6 Å². The highest BCUT2D eigenvalue weighted by atomic mass is 16.4. The van der Waals surface area contributed by atoms with E-state index in [9.17, 15) is 19.2 Å². The lowest BCUT2D eigenvalue weighted by atomic mass is 9.97. The number of hydrogen-bond acceptors (Lipinski definition) is 6. The van der Waals surface area contributed by atoms with Gasteiger partial charge in [0.2, 0.25) is 17.7 Å². The topological polar surface area (TPSA) is 177 Å². The predicted molar refractivity (Wildman–Crippen MR) is 125 cm³/mol. The van der Waals surface area contributed by atoms with Crippen LogP contribution < -0.4 is 27.4 Å². The molecule has 10 heteroatoms. The largest absolute Gasteiger partial charge is 0.480 e. The molecule has 33 heavy (non-hydrogen) atoms. The first-order valence-electron chi connectivity index (χ1n) is 11.3. The smallest absolute Gasteiger partial charge is 0.322 e. The molecule has 3 amide bonds. The molecule has 4 unspecified atom stereocenters. The van der Waals surface area contributed by atoms with E-state index < -0.39 is 48.4 Å². The van der Waals surface area contributed by atoms with Crippen molar-refractivity contribution in [2.45, 2.75) is 64.1 Å². The molecule has 0 saturated carbocycles. The van der Waals surface area contributed by atoms with Crippen LogP contribution in [0.4, 0.5) is 0 Å². The molecule has 1 aromatic carbocycles. The molecular formula is C23H37N5O5. The van der Waals surface area contributed by atoms with E-state index in [0.29, 0.717) is 25.8 Å². The first-order chi connectivity index (χ1) is 15.7. The minimum atomic E-state index is -1.18. The van der Waals surface area contributed by atoms with Crippen molar-refractivity contribution in [3.05, 3.63) is 35.9 Å². The Morgan fingerprint density at radius 3 is 2.24 bits per heavy atom. The lowest BCUT2D eigenvalue weighted by Gasteiger charge is -2.27. The molecule has 0 spiro atoms. The van der Waals surface area contributed by atoms with Crippen molar-refractivity contribution in [2.24, 2.45) is 17.4 Å². The summed E-state index contributed by atoms with van der Waals surface area (Å²) in [5, 5.41) is 16.5. The third-order valence-corrected chi connectivity index (χ3v) is 5.43. The average Bonchev–Trinajstić information content (AvgIpc) is 2.80. The third-order valence-electron chi connectivity index (χ3n) is 5.43. The molecule has 4 atom stereocenters. The van der Waals surface area contributed by atoms with Crippen molar-refractivity contribution < 1.29 is 24.3 Å². The number of amides is 3. The van der Waals surface area contributed by atoms with Gasteiger partial charge >= 0.3 is 5.97 Å². The van der Waals surface area contributed by atoms with Gasteiger partial charge < -0.3 is 32.5 Å². The van der Waals surface area contributed by atoms with E-state index in [1.165, 1.54) is 0 Å². The van der Waals surface area contributed by atoms with Crippen LogP contribution in [0.15, 0.2) is 30.3 Å². The van der Waals surface area contributed by atoms with Gasteiger partial charge in [0.1, 0.15) is 18.6 Å². The summed E-state index contributed by atoms with van der Waals surface area (Å²) in [6, 6.07) is 6.47. The fraction of sp³-hybridized carbons (Fsp3) is 0.565. The quantitative estimate of drug-likeness (QED) is 0.197. The Kier molecular flexibility index (Phi) is 12.7. The second-order valence-electron chi connectivity index (χ2n) is 8.13. The van der Waals surface area contributed by atoms with E-state index in [2.05, 4.69) is 16.0 Å². The van der Waals surface area contributed by atoms with Gasteiger partial charge in [-0.15, -0.1) is 0 Å². The maximum absolute atomic E-state index is 13.2. The number of carbonyl (C=O) groups is 4. The van der Waals surface area contributed by atoms with Crippen LogP contribution in [-0.4, -0.2) is 60.0 Å². The Hall–Kier alpha value is -2.98. The highest BCUT2D eigenvalue weighted by Crippen LogP contribution is 2.10. The van der Waals surface area contributed by atoms with Crippen LogP contribution in [0.2, 0.25) is 0 Å². The van der Waals surface area contributed by atoms with Crippen molar-refractivity contribution in [1.29, 1.82) is 0 Å². The summed E-state index contributed by atoms with van der Waals surface area (Å²) in [6.07, 6.45) is 2.66. The molecule has 8 N–H and O–H groups in total. The van der Waals surface area contributed by atoms with E-state index >= 15 is 0 Å². The summed E-state index contributed by atoms with van der Waals surface area (Å²) in [6.45, 7) is 3.60. The first kappa shape index (κ1) is 28.1. The molecule has 0 fully saturated rings. The molecule has 0 aliphatic carbocycles. The number of hydrogen-bond donors (Lipinski definition) is 6. The normalized spacial score (nSPS) is 14.4. The molecule has 0 aliphatic heterocycles. The zero-order chi connectivity index (χ0) is 24.8. The molecular weight excluding hydrogens is 426 g/mol. The zero-order valence-electron chi connectivity index (χ0n) is 19.4. The van der Waals surface area contributed by atoms with Gasteiger partial charge in [0.25, 0.3) is 0 Å². The monoisotopic (exact) mass is 463 g/mol. The number of nitrogens with two attached hydrogens (primary N) is 2. The number of carbonyl (C=O) groups excluding carboxylic acids is 3. The Labute approximate surface area is 194 Å². The average molecular weight is 464 g/mol. The van der Waals surface area contributed by atoms with Crippen LogP contribution in [0, 0.1) is 5.92 Å². The second-order valence-corrected chi connectivity index (χ2v) is 8.13. The number of carboxylic acid groups (broad SMARTS) is 1. The van der Waals surface area contributed by atoms with Crippen molar-refractivity contribution in [3.8, 4) is 0 Å². The minimum Gasteiger partial charge on any atom is -0.480 e. The lowest BCUT2D eigenvalue weighted by molar-refractivity contribution is -0.139. The number of rotatable bonds is 15. The van der Waals surface area contributed by atoms with Gasteiger partial charge in [0.05, 0.1) is 6.04 Å². The number of nitrogens with one attached hydrogen (secondary N) is 3. The van der Waals surface area contributed by atoms with Crippen LogP contribution in [-0.2, 0) is 25.6 Å². The standard InChI is InChI=1S/C23H37N5O5/c1-3-15(2)20(23(33)26-14-19(29)30)28-22(32)18(13-16-9-5-4-6-10-16)27-21(31)17(25)11-7-8-12-24/h4-6,9-10,15,17-18,20H,3,7-8,11-14,24-25H2,1-2H3,(H,26,33)(H,27,31)(H,28,32)(H,29,30). The third kappa shape index (κ3) is 10.5. The zero-order valence-corrected chi connectivity index (χ0v) is 19.4. The van der Waals surface area contributed by atoms with Crippen molar-refractivity contribution in [2.75, 3.05) is 13.1 Å². The Balaban J connectivity index is 2.98. The van der Waals surface area contributed by atoms with Gasteiger partial charge in [0, 0.05) is 6.42 Å². The second kappa shape index (κ2) is 15.0. The summed E-state index contributed by atoms with van der Waals surface area (Å²) in [5.41, 5.74) is 12.3. The molecule has 1 aromatic rings. The molecule has 0 bridgehead atoms. The van der Waals surface area contributed by atoms with E-state index in [-0.39, 0.29) is 12.3 Å². The molecule has 184 valence electrons. The maximum Gasteiger partial charge on any atom is 0.322 e. The van der Waals surface area contributed by atoms with E-state index in [1.807, 2.05) is 37.3 Å². The fourth-order valence-electron chi connectivity index (χ4n) is 3.21. The Morgan fingerprint density at radius 1 is 1.00 bits per heavy atom. The van der Waals surface area contributed by atoms with Gasteiger partial charge in [-0.2, -0.15) is 0 Å². The molecule has 0 aliphatic rings. The lowest BCUT2D eigenvalue weighted by Crippen LogP contribution is -2.58. The van der Waals surface area contributed by atoms with Crippen LogP contribution in [0.5, 0.6) is 0 Å². The molecule has 0 saturated heterocycles. The SMILES string of the molecule is CCC(C)C(NC(=O)C(Cc1ccccc1)NC(=O)C(N)CCCCN)C(=O)NCC(=O)O. The van der Waals surface area contributed by atoms with Crippen molar-refractivity contribution in [3.63, 3.8) is 0 Å². The molecule has 0 radical (unpaired) electrons. The first-order valence-corrected chi connectivity index (χ1v) is 11.3. The van der Waals surface area contributed by atoms with Gasteiger partial charge in [-0.05, 0) is 30.9 Å². The van der Waals surface area contributed by atoms with Crippen LogP contribution in [0.25, 0.3) is 0 Å². The van der Waals surface area contributed by atoms with Gasteiger partial charge in [0.15, 0.2) is 0 Å². The van der Waals surface area contributed by atoms with E-state index in [1.54, 1.807) is 6.92 Å². The van der Waals surface area contributed by atoms with Crippen molar-refractivity contribution in [1.82, 2.24) is 16.0 Å². The summed E-state index contributed by atoms with van der Waals surface area (Å²) in [7, 11) is 0.